The fourth-order valence-corrected chi connectivity index (χ4v) is 2.42. The molecular formula is C22H26O9. The van der Waals surface area contributed by atoms with Crippen molar-refractivity contribution in [2.75, 3.05) is 52.9 Å². The second-order valence-corrected chi connectivity index (χ2v) is 6.20. The van der Waals surface area contributed by atoms with Crippen molar-refractivity contribution in [1.29, 1.82) is 0 Å². The third-order valence-corrected chi connectivity index (χ3v) is 3.90. The van der Waals surface area contributed by atoms with Crippen LogP contribution in [0.3, 0.4) is 0 Å². The zero-order chi connectivity index (χ0) is 22.3. The van der Waals surface area contributed by atoms with E-state index >= 15 is 0 Å². The zero-order valence-electron chi connectivity index (χ0n) is 17.0. The van der Waals surface area contributed by atoms with Crippen LogP contribution in [0.4, 0.5) is 0 Å². The van der Waals surface area contributed by atoms with Gasteiger partial charge in [-0.1, -0.05) is 12.1 Å². The molecule has 0 radical (unpaired) electrons. The molecule has 0 aromatic heterocycles. The first-order valence-corrected chi connectivity index (χ1v) is 9.72. The van der Waals surface area contributed by atoms with Gasteiger partial charge in [-0.3, -0.25) is 0 Å². The van der Waals surface area contributed by atoms with Crippen molar-refractivity contribution in [3.05, 3.63) is 59.7 Å². The normalized spacial score (nSPS) is 10.6. The van der Waals surface area contributed by atoms with Gasteiger partial charge in [0.15, 0.2) is 0 Å². The van der Waals surface area contributed by atoms with E-state index in [-0.39, 0.29) is 11.1 Å². The lowest BCUT2D eigenvalue weighted by Crippen LogP contribution is -2.14. The van der Waals surface area contributed by atoms with Crippen molar-refractivity contribution in [3.8, 4) is 11.5 Å². The maximum atomic E-state index is 10.9. The summed E-state index contributed by atoms with van der Waals surface area (Å²) in [7, 11) is 0. The highest BCUT2D eigenvalue weighted by molar-refractivity contribution is 5.88. The summed E-state index contributed by atoms with van der Waals surface area (Å²) >= 11 is 0. The van der Waals surface area contributed by atoms with Crippen LogP contribution in [0.2, 0.25) is 0 Å². The third-order valence-electron chi connectivity index (χ3n) is 3.90. The number of aromatic carboxylic acids is 2. The van der Waals surface area contributed by atoms with Gasteiger partial charge in [-0.05, 0) is 36.4 Å². The number of carboxylic acids is 2. The molecule has 0 atom stereocenters. The van der Waals surface area contributed by atoms with Gasteiger partial charge in [0.1, 0.15) is 24.7 Å². The summed E-state index contributed by atoms with van der Waals surface area (Å²) in [5.74, 6) is -1.03. The van der Waals surface area contributed by atoms with Gasteiger partial charge in [-0.25, -0.2) is 9.59 Å². The average Bonchev–Trinajstić information content (AvgIpc) is 2.77. The quantitative estimate of drug-likeness (QED) is 0.384. The number of carbonyl (C=O) groups is 2. The van der Waals surface area contributed by atoms with E-state index in [0.717, 1.165) is 0 Å². The van der Waals surface area contributed by atoms with Crippen molar-refractivity contribution in [2.45, 2.75) is 0 Å². The smallest absolute Gasteiger partial charge is 0.335 e. The summed E-state index contributed by atoms with van der Waals surface area (Å²) in [5, 5.41) is 17.9. The lowest BCUT2D eigenvalue weighted by Gasteiger charge is -2.09. The minimum Gasteiger partial charge on any atom is -0.491 e. The number of hydrogen-bond donors (Lipinski definition) is 2. The lowest BCUT2D eigenvalue weighted by molar-refractivity contribution is 0.00498. The Kier molecular flexibility index (Phi) is 10.9. The summed E-state index contributed by atoms with van der Waals surface area (Å²) in [6.45, 7) is 2.97. The fraction of sp³-hybridized carbons (Fsp3) is 0.364. The van der Waals surface area contributed by atoms with Crippen LogP contribution in [0, 0.1) is 0 Å². The highest BCUT2D eigenvalue weighted by atomic mass is 16.6. The molecule has 9 nitrogen and oxygen atoms in total. The Morgan fingerprint density at radius 2 is 0.935 bits per heavy atom. The second-order valence-electron chi connectivity index (χ2n) is 6.20. The Hall–Kier alpha value is -3.14. The van der Waals surface area contributed by atoms with E-state index in [9.17, 15) is 9.59 Å². The largest absolute Gasteiger partial charge is 0.491 e. The number of hydrogen-bond acceptors (Lipinski definition) is 7. The van der Waals surface area contributed by atoms with Crippen molar-refractivity contribution < 1.29 is 43.5 Å². The Bertz CT molecular complexity index is 755. The van der Waals surface area contributed by atoms with Crippen LogP contribution in [-0.4, -0.2) is 75.0 Å². The van der Waals surface area contributed by atoms with Gasteiger partial charge in [0, 0.05) is 0 Å². The van der Waals surface area contributed by atoms with Crippen LogP contribution in [-0.2, 0) is 14.2 Å². The van der Waals surface area contributed by atoms with Gasteiger partial charge in [0.25, 0.3) is 0 Å². The van der Waals surface area contributed by atoms with Gasteiger partial charge in [0.2, 0.25) is 0 Å². The molecule has 0 aliphatic carbocycles. The molecular weight excluding hydrogens is 408 g/mol. The van der Waals surface area contributed by atoms with Gasteiger partial charge in [-0.2, -0.15) is 0 Å². The minimum atomic E-state index is -0.999. The van der Waals surface area contributed by atoms with Crippen LogP contribution in [0.25, 0.3) is 0 Å². The van der Waals surface area contributed by atoms with E-state index in [2.05, 4.69) is 0 Å². The van der Waals surface area contributed by atoms with E-state index in [1.165, 1.54) is 24.3 Å². The van der Waals surface area contributed by atoms with Crippen LogP contribution in [0.5, 0.6) is 11.5 Å². The Balaban J connectivity index is 1.40. The Labute approximate surface area is 180 Å². The maximum absolute atomic E-state index is 10.9. The summed E-state index contributed by atoms with van der Waals surface area (Å²) < 4.78 is 27.0. The molecule has 2 rings (SSSR count). The second kappa shape index (κ2) is 14.0. The molecule has 0 saturated heterocycles. The van der Waals surface area contributed by atoms with E-state index in [1.54, 1.807) is 24.3 Å². The topological polar surface area (TPSA) is 121 Å². The van der Waals surface area contributed by atoms with Crippen LogP contribution in [0.1, 0.15) is 20.7 Å². The molecule has 9 heteroatoms. The lowest BCUT2D eigenvalue weighted by atomic mass is 10.2. The van der Waals surface area contributed by atoms with E-state index in [4.69, 9.17) is 33.9 Å². The van der Waals surface area contributed by atoms with E-state index in [1.807, 2.05) is 0 Å². The third kappa shape index (κ3) is 9.94. The molecule has 0 fully saturated rings. The van der Waals surface area contributed by atoms with Gasteiger partial charge in [0.05, 0.1) is 50.8 Å². The first-order valence-electron chi connectivity index (χ1n) is 9.72. The monoisotopic (exact) mass is 434 g/mol. The Morgan fingerprint density at radius 1 is 0.581 bits per heavy atom. The van der Waals surface area contributed by atoms with Crippen LogP contribution < -0.4 is 9.47 Å². The maximum Gasteiger partial charge on any atom is 0.335 e. The summed E-state index contributed by atoms with van der Waals surface area (Å²) in [4.78, 5) is 21.8. The van der Waals surface area contributed by atoms with Gasteiger partial charge < -0.3 is 33.9 Å². The molecule has 31 heavy (non-hydrogen) atoms. The predicted molar refractivity (Wildman–Crippen MR) is 110 cm³/mol. The molecule has 2 aromatic carbocycles. The molecule has 0 unspecified atom stereocenters. The molecule has 168 valence electrons. The fourth-order valence-electron chi connectivity index (χ4n) is 2.42. The molecule has 2 aromatic rings. The zero-order valence-corrected chi connectivity index (χ0v) is 17.0. The van der Waals surface area contributed by atoms with E-state index < -0.39 is 11.9 Å². The van der Waals surface area contributed by atoms with Crippen molar-refractivity contribution in [1.82, 2.24) is 0 Å². The number of carboxylic acid groups (broad SMARTS) is 2. The summed E-state index contributed by atoms with van der Waals surface area (Å²) in [6.07, 6.45) is 0. The minimum absolute atomic E-state index is 0.174. The Morgan fingerprint density at radius 3 is 1.29 bits per heavy atom. The average molecular weight is 434 g/mol. The molecule has 0 saturated carbocycles. The van der Waals surface area contributed by atoms with Crippen LogP contribution >= 0.6 is 0 Å². The number of benzene rings is 2. The molecule has 0 aliphatic rings. The number of ether oxygens (including phenoxy) is 5. The molecule has 0 spiro atoms. The van der Waals surface area contributed by atoms with Gasteiger partial charge in [-0.15, -0.1) is 0 Å². The van der Waals surface area contributed by atoms with Gasteiger partial charge >= 0.3 is 11.9 Å². The first-order chi connectivity index (χ1) is 15.1. The SMILES string of the molecule is O=C(O)c1cccc(OCCOCCOCCOCCOc2cccc(C(=O)O)c2)c1. The predicted octanol–water partition coefficient (Wildman–Crippen LogP) is 2.59. The molecule has 0 amide bonds. The van der Waals surface area contributed by atoms with E-state index in [0.29, 0.717) is 64.4 Å². The molecule has 2 N–H and O–H groups in total. The van der Waals surface area contributed by atoms with Crippen molar-refractivity contribution in [3.63, 3.8) is 0 Å². The van der Waals surface area contributed by atoms with Crippen LogP contribution in [0.15, 0.2) is 48.5 Å². The summed E-state index contributed by atoms with van der Waals surface area (Å²) in [5.41, 5.74) is 0.348. The first kappa shape index (κ1) is 24.1. The van der Waals surface area contributed by atoms with Crippen molar-refractivity contribution in [2.24, 2.45) is 0 Å². The highest BCUT2D eigenvalue weighted by Crippen LogP contribution is 2.14. The molecule has 0 aliphatic heterocycles. The molecule has 0 bridgehead atoms. The summed E-state index contributed by atoms with van der Waals surface area (Å²) in [6, 6.07) is 12.5. The standard InChI is InChI=1S/C22H26O9/c23-21(24)17-3-1-5-19(15-17)30-13-11-28-9-7-27-8-10-29-12-14-31-20-6-2-4-18(16-20)22(25)26/h1-6,15-16H,7-14H2,(H,23,24)(H,25,26). The van der Waals surface area contributed by atoms with Crippen molar-refractivity contribution >= 4 is 11.9 Å². The highest BCUT2D eigenvalue weighted by Gasteiger charge is 2.04. The number of rotatable bonds is 16. The molecule has 0 heterocycles.